The highest BCUT2D eigenvalue weighted by Gasteiger charge is 2.32. The maximum Gasteiger partial charge on any atom is 0.416 e. The number of aryl methyl sites for hydroxylation is 4. The van der Waals surface area contributed by atoms with Gasteiger partial charge in [0.05, 0.1) is 5.56 Å². The van der Waals surface area contributed by atoms with Crippen LogP contribution in [0.15, 0.2) is 109 Å². The van der Waals surface area contributed by atoms with E-state index in [0.717, 1.165) is 23.1 Å². The number of benzene rings is 5. The van der Waals surface area contributed by atoms with Gasteiger partial charge in [-0.1, -0.05) is 222 Å². The van der Waals surface area contributed by atoms with E-state index < -0.39 is 11.7 Å². The van der Waals surface area contributed by atoms with Crippen LogP contribution in [0, 0.1) is 38.9 Å². The molecular weight excluding hydrogens is 797 g/mol. The summed E-state index contributed by atoms with van der Waals surface area (Å²) in [7, 11) is 0. The van der Waals surface area contributed by atoms with Gasteiger partial charge in [-0.15, -0.1) is 6.42 Å². The van der Waals surface area contributed by atoms with Crippen molar-refractivity contribution in [1.29, 1.82) is 0 Å². The number of hydrogen-bond acceptors (Lipinski definition) is 0. The Morgan fingerprint density at radius 3 is 1.20 bits per heavy atom. The van der Waals surface area contributed by atoms with Crippen molar-refractivity contribution >= 4 is 0 Å². The number of halogens is 4. The Balaban J connectivity index is 0. The van der Waals surface area contributed by atoms with Crippen LogP contribution < -0.4 is 0 Å². The molecule has 0 aliphatic rings. The zero-order chi connectivity index (χ0) is 48.1. The molecule has 5 aromatic rings. The predicted octanol–water partition coefficient (Wildman–Crippen LogP) is 18.8. The van der Waals surface area contributed by atoms with Crippen LogP contribution in [0.1, 0.15) is 187 Å². The zero-order valence-electron chi connectivity index (χ0n) is 41.7. The van der Waals surface area contributed by atoms with Crippen molar-refractivity contribution in [3.05, 3.63) is 176 Å². The molecular formula is C60H86F4. The van der Waals surface area contributed by atoms with Crippen molar-refractivity contribution in [2.45, 2.75) is 186 Å². The second-order valence-electron chi connectivity index (χ2n) is 21.4. The summed E-state index contributed by atoms with van der Waals surface area (Å²) in [5.41, 5.74) is 11.2. The molecule has 4 heteroatoms. The third kappa shape index (κ3) is 22.3. The Bertz CT molecular complexity index is 2130. The van der Waals surface area contributed by atoms with Crippen LogP contribution in [0.2, 0.25) is 0 Å². The summed E-state index contributed by atoms with van der Waals surface area (Å²) in [6.45, 7) is 39.9. The molecule has 354 valence electrons. The number of rotatable bonds is 1. The zero-order valence-corrected chi connectivity index (χ0v) is 41.7. The molecule has 0 bridgehead atoms. The fourth-order valence-corrected chi connectivity index (χ4v) is 5.92. The minimum atomic E-state index is -4.26. The van der Waals surface area contributed by atoms with Gasteiger partial charge in [0.2, 0.25) is 0 Å². The molecule has 0 nitrogen and oxygen atoms in total. The Morgan fingerprint density at radius 2 is 0.828 bits per heavy atom. The van der Waals surface area contributed by atoms with Crippen LogP contribution >= 0.6 is 0 Å². The lowest BCUT2D eigenvalue weighted by Crippen LogP contribution is -2.14. The third-order valence-corrected chi connectivity index (χ3v) is 10.3. The van der Waals surface area contributed by atoms with Gasteiger partial charge in [0.15, 0.2) is 0 Å². The Kier molecular flexibility index (Phi) is 24.2. The van der Waals surface area contributed by atoms with E-state index in [9.17, 15) is 17.6 Å². The van der Waals surface area contributed by atoms with Gasteiger partial charge in [-0.25, -0.2) is 4.39 Å². The Labute approximate surface area is 390 Å². The van der Waals surface area contributed by atoms with Crippen LogP contribution in [0.4, 0.5) is 17.6 Å². The van der Waals surface area contributed by atoms with E-state index in [1.807, 2.05) is 45.0 Å². The normalized spacial score (nSPS) is 11.5. The highest BCUT2D eigenvalue weighted by molar-refractivity contribution is 5.38. The van der Waals surface area contributed by atoms with E-state index in [1.54, 1.807) is 19.9 Å². The first-order valence-electron chi connectivity index (χ1n) is 21.8. The second kappa shape index (κ2) is 25.2. The predicted molar refractivity (Wildman–Crippen MR) is 276 cm³/mol. The molecule has 0 fully saturated rings. The average Bonchev–Trinajstić information content (AvgIpc) is 3.14. The van der Waals surface area contributed by atoms with Gasteiger partial charge in [0, 0.05) is 5.56 Å². The largest absolute Gasteiger partial charge is 0.416 e. The van der Waals surface area contributed by atoms with Gasteiger partial charge >= 0.3 is 6.18 Å². The van der Waals surface area contributed by atoms with Crippen molar-refractivity contribution in [2.75, 3.05) is 0 Å². The monoisotopic (exact) mass is 883 g/mol. The smallest absolute Gasteiger partial charge is 0.207 e. The highest BCUT2D eigenvalue weighted by atomic mass is 19.4. The van der Waals surface area contributed by atoms with Gasteiger partial charge in [-0.3, -0.25) is 0 Å². The number of hydrogen-bond donors (Lipinski definition) is 0. The molecule has 0 N–H and O–H groups in total. The van der Waals surface area contributed by atoms with Gasteiger partial charge in [0.25, 0.3) is 0 Å². The van der Waals surface area contributed by atoms with E-state index in [4.69, 9.17) is 6.42 Å². The number of terminal acetylenes is 1. The molecule has 5 rings (SSSR count). The first kappa shape index (κ1) is 61.5. The summed E-state index contributed by atoms with van der Waals surface area (Å²) in [6, 6.07) is 35.3. The van der Waals surface area contributed by atoms with Gasteiger partial charge < -0.3 is 0 Å². The Hall–Kier alpha value is -4.62. The second-order valence-corrected chi connectivity index (χ2v) is 21.4. The molecule has 0 aliphatic heterocycles. The lowest BCUT2D eigenvalue weighted by molar-refractivity contribution is -0.137. The first-order chi connectivity index (χ1) is 28.1. The fraction of sp³-hybridized carbons (Fsp3) is 0.467. The molecule has 0 radical (unpaired) electrons. The van der Waals surface area contributed by atoms with E-state index in [2.05, 4.69) is 164 Å². The molecule has 5 aromatic carbocycles. The number of alkyl halides is 3. The molecule has 0 saturated heterocycles. The van der Waals surface area contributed by atoms with E-state index in [1.165, 1.54) is 51.6 Å². The summed E-state index contributed by atoms with van der Waals surface area (Å²) in [6.07, 6.45) is 2.18. The summed E-state index contributed by atoms with van der Waals surface area (Å²) < 4.78 is 50.5. The lowest BCUT2D eigenvalue weighted by Gasteiger charge is -2.21. The third-order valence-electron chi connectivity index (χ3n) is 10.3. The summed E-state index contributed by atoms with van der Waals surface area (Å²) >= 11 is 0. The minimum absolute atomic E-state index is 0. The molecule has 0 spiro atoms. The van der Waals surface area contributed by atoms with E-state index in [-0.39, 0.29) is 47.7 Å². The van der Waals surface area contributed by atoms with Crippen LogP contribution in [0.25, 0.3) is 0 Å². The molecule has 0 atom stereocenters. The standard InChI is InChI=1S/C12H15F3.C12H18.C12H14.C11H15F.C11H16.2CH4/c1-8-5-9(11(2,3)4)7-10(6-8)12(13,14)15;1-5-10-6-8-11(9-7-10)12(2,3)4;1-5-10-7-6-8-11(9-10)12(2,3)4;1-8-7-9(11(2,3)4)5-6-10(8)12;1-9-6-5-7-10(8-9)11(2,3)4;;/h5-7H,1-4H3;6-9H,5H2,1-4H3;1,6-9H,2-4H3;5-7H,1-4H3;5-8H,1-4H3;2*1H4. The lowest BCUT2D eigenvalue weighted by atomic mass is 9.85. The highest BCUT2D eigenvalue weighted by Crippen LogP contribution is 2.34. The van der Waals surface area contributed by atoms with Gasteiger partial charge in [-0.05, 0) is 124 Å². The topological polar surface area (TPSA) is 0 Å². The molecule has 0 unspecified atom stereocenters. The summed E-state index contributed by atoms with van der Waals surface area (Å²) in [5.74, 6) is 2.52. The van der Waals surface area contributed by atoms with Crippen molar-refractivity contribution < 1.29 is 17.6 Å². The maximum absolute atomic E-state index is 12.9. The molecule has 0 amide bonds. The van der Waals surface area contributed by atoms with Crippen LogP contribution in [-0.2, 0) is 39.7 Å². The maximum atomic E-state index is 12.9. The fourth-order valence-electron chi connectivity index (χ4n) is 5.92. The van der Waals surface area contributed by atoms with Gasteiger partial charge in [0.1, 0.15) is 5.82 Å². The van der Waals surface area contributed by atoms with Crippen LogP contribution in [0.5, 0.6) is 0 Å². The summed E-state index contributed by atoms with van der Waals surface area (Å²) in [4.78, 5) is 0. The SMILES string of the molecule is C.C.C#Cc1cccc(C(C)(C)C)c1.CCc1ccc(C(C)(C)C)cc1.Cc1cc(C(C)(C)C)cc(C(F)(F)F)c1.Cc1cc(C(C)(C)C)ccc1F.Cc1cccc(C(C)(C)C)c1. The van der Waals surface area contributed by atoms with Crippen LogP contribution in [-0.4, -0.2) is 0 Å². The Morgan fingerprint density at radius 1 is 0.438 bits per heavy atom. The van der Waals surface area contributed by atoms with Crippen LogP contribution in [0.3, 0.4) is 0 Å². The summed E-state index contributed by atoms with van der Waals surface area (Å²) in [5, 5.41) is 0. The van der Waals surface area contributed by atoms with Crippen molar-refractivity contribution in [3.8, 4) is 12.3 Å². The molecule has 0 saturated carbocycles. The average molecular weight is 883 g/mol. The molecule has 0 heterocycles. The minimum Gasteiger partial charge on any atom is -0.207 e. The molecule has 64 heavy (non-hydrogen) atoms. The van der Waals surface area contributed by atoms with Crippen molar-refractivity contribution in [2.24, 2.45) is 0 Å². The quantitative estimate of drug-likeness (QED) is 0.116. The molecule has 0 aromatic heterocycles. The van der Waals surface area contributed by atoms with E-state index >= 15 is 0 Å². The van der Waals surface area contributed by atoms with Gasteiger partial charge in [-0.2, -0.15) is 13.2 Å². The van der Waals surface area contributed by atoms with Crippen molar-refractivity contribution in [3.63, 3.8) is 0 Å². The van der Waals surface area contributed by atoms with Crippen molar-refractivity contribution in [1.82, 2.24) is 0 Å². The van der Waals surface area contributed by atoms with E-state index in [0.29, 0.717) is 5.56 Å². The molecule has 0 aliphatic carbocycles. The first-order valence-corrected chi connectivity index (χ1v) is 21.8.